The smallest absolute Gasteiger partial charge is 0.325 e. The molecule has 1 aromatic rings. The molecule has 2 aliphatic rings. The second kappa shape index (κ2) is 27.2. The van der Waals surface area contributed by atoms with Crippen LogP contribution in [0.15, 0.2) is 21.1 Å². The molecule has 1 saturated heterocycles. The third kappa shape index (κ3) is 19.3. The Balaban J connectivity index is 1.36. The van der Waals surface area contributed by atoms with Crippen LogP contribution in [0.3, 0.4) is 0 Å². The summed E-state index contributed by atoms with van der Waals surface area (Å²) >= 11 is 8.05. The van der Waals surface area contributed by atoms with Crippen LogP contribution in [0.2, 0.25) is 0 Å². The SMILES string of the molecule is CC(=O)NC(CSC1CC(=O)N(CCCC(=O)Nc2c(Br)cc(Br)cc2CNC2CCCCC2)C1=O)C(=O)NCC(=O)NCC(=O)NCC(=O)NCC(=O)NCC(=O)NC(C)C(=O)O. The number of amides is 10. The molecule has 25 heteroatoms. The molecule has 3 atom stereocenters. The van der Waals surface area contributed by atoms with Crippen molar-refractivity contribution < 1.29 is 57.8 Å². The lowest BCUT2D eigenvalue weighted by atomic mass is 9.95. The van der Waals surface area contributed by atoms with Crippen molar-refractivity contribution in [1.29, 1.82) is 0 Å². The van der Waals surface area contributed by atoms with E-state index >= 15 is 0 Å². The molecular weight excluding hydrogens is 992 g/mol. The van der Waals surface area contributed by atoms with E-state index in [1.165, 1.54) is 33.1 Å². The molecular formula is C39H54Br2N10O12S. The molecule has 1 aromatic carbocycles. The first kappa shape index (κ1) is 53.2. The molecule has 1 heterocycles. The molecule has 3 unspecified atom stereocenters. The van der Waals surface area contributed by atoms with Gasteiger partial charge in [0, 0.05) is 53.6 Å². The van der Waals surface area contributed by atoms with Crippen LogP contribution in [-0.4, -0.2) is 143 Å². The van der Waals surface area contributed by atoms with Crippen molar-refractivity contribution in [2.45, 2.75) is 95.1 Å². The van der Waals surface area contributed by atoms with E-state index < -0.39 is 109 Å². The van der Waals surface area contributed by atoms with E-state index in [0.717, 1.165) is 39.5 Å². The van der Waals surface area contributed by atoms with Gasteiger partial charge in [-0.1, -0.05) is 35.2 Å². The van der Waals surface area contributed by atoms with Gasteiger partial charge in [-0.15, -0.1) is 11.8 Å². The normalized spacial score (nSPS) is 15.9. The topological polar surface area (TPSA) is 320 Å². The molecule has 64 heavy (non-hydrogen) atoms. The number of likely N-dealkylation sites (tertiary alicyclic amines) is 1. The minimum absolute atomic E-state index is 0.0101. The van der Waals surface area contributed by atoms with Crippen molar-refractivity contribution in [1.82, 2.24) is 47.4 Å². The fourth-order valence-corrected chi connectivity index (χ4v) is 8.94. The van der Waals surface area contributed by atoms with Gasteiger partial charge in [-0.05, 0) is 59.8 Å². The Morgan fingerprint density at radius 3 is 1.91 bits per heavy atom. The molecule has 1 aliphatic carbocycles. The van der Waals surface area contributed by atoms with E-state index in [0.29, 0.717) is 22.7 Å². The fourth-order valence-electron chi connectivity index (χ4n) is 6.34. The Bertz CT molecular complexity index is 1940. The Morgan fingerprint density at radius 2 is 1.34 bits per heavy atom. The van der Waals surface area contributed by atoms with Crippen LogP contribution in [0.5, 0.6) is 0 Å². The van der Waals surface area contributed by atoms with Crippen LogP contribution in [0.4, 0.5) is 5.69 Å². The Hall–Kier alpha value is -5.14. The molecule has 0 aromatic heterocycles. The summed E-state index contributed by atoms with van der Waals surface area (Å²) in [7, 11) is 0. The number of anilines is 1. The predicted molar refractivity (Wildman–Crippen MR) is 239 cm³/mol. The monoisotopic (exact) mass is 1040 g/mol. The van der Waals surface area contributed by atoms with E-state index in [4.69, 9.17) is 5.11 Å². The number of rotatable bonds is 25. The van der Waals surface area contributed by atoms with Gasteiger partial charge in [0.1, 0.15) is 12.1 Å². The molecule has 22 nitrogen and oxygen atoms in total. The van der Waals surface area contributed by atoms with Crippen molar-refractivity contribution >= 4 is 114 Å². The van der Waals surface area contributed by atoms with Gasteiger partial charge in [0.15, 0.2) is 0 Å². The zero-order chi connectivity index (χ0) is 47.3. The van der Waals surface area contributed by atoms with Crippen molar-refractivity contribution in [2.24, 2.45) is 0 Å². The second-order valence-corrected chi connectivity index (χ2v) is 17.9. The molecule has 0 radical (unpaired) electrons. The summed E-state index contributed by atoms with van der Waals surface area (Å²) in [5.74, 6) is -7.82. The number of thioether (sulfide) groups is 1. The molecule has 2 fully saturated rings. The largest absolute Gasteiger partial charge is 0.480 e. The number of carboxylic acid groups (broad SMARTS) is 1. The number of carboxylic acids is 1. The number of carbonyl (C=O) groups is 11. The number of benzene rings is 1. The third-order valence-corrected chi connectivity index (χ3v) is 12.1. The maximum atomic E-state index is 13.2. The van der Waals surface area contributed by atoms with Gasteiger partial charge in [-0.25, -0.2) is 0 Å². The first-order valence-electron chi connectivity index (χ1n) is 20.4. The quantitative estimate of drug-likeness (QED) is 0.0520. The zero-order valence-corrected chi connectivity index (χ0v) is 39.3. The van der Waals surface area contributed by atoms with E-state index in [1.807, 2.05) is 12.1 Å². The highest BCUT2D eigenvalue weighted by Crippen LogP contribution is 2.32. The average molecular weight is 1050 g/mol. The summed E-state index contributed by atoms with van der Waals surface area (Å²) in [5.41, 5.74) is 1.55. The maximum absolute atomic E-state index is 13.2. The lowest BCUT2D eigenvalue weighted by Crippen LogP contribution is -2.51. The summed E-state index contributed by atoms with van der Waals surface area (Å²) in [4.78, 5) is 136. The van der Waals surface area contributed by atoms with Gasteiger partial charge in [0.2, 0.25) is 59.1 Å². The van der Waals surface area contributed by atoms with Crippen molar-refractivity contribution in [3.63, 3.8) is 0 Å². The molecule has 3 rings (SSSR count). The number of carbonyl (C=O) groups excluding carboxylic acids is 10. The lowest BCUT2D eigenvalue weighted by molar-refractivity contribution is -0.141. The molecule has 1 saturated carbocycles. The first-order chi connectivity index (χ1) is 30.3. The highest BCUT2D eigenvalue weighted by Gasteiger charge is 2.39. The molecule has 352 valence electrons. The van der Waals surface area contributed by atoms with Gasteiger partial charge in [0.05, 0.1) is 43.7 Å². The number of aliphatic carboxylic acids is 1. The van der Waals surface area contributed by atoms with Crippen LogP contribution < -0.4 is 47.9 Å². The number of hydrogen-bond acceptors (Lipinski definition) is 13. The first-order valence-corrected chi connectivity index (χ1v) is 23.1. The van der Waals surface area contributed by atoms with Gasteiger partial charge in [0.25, 0.3) is 0 Å². The maximum Gasteiger partial charge on any atom is 0.325 e. The highest BCUT2D eigenvalue weighted by atomic mass is 79.9. The van der Waals surface area contributed by atoms with E-state index in [2.05, 4.69) is 79.7 Å². The number of hydrogen-bond donors (Lipinski definition) is 10. The molecule has 0 spiro atoms. The summed E-state index contributed by atoms with van der Waals surface area (Å²) < 4.78 is 1.57. The summed E-state index contributed by atoms with van der Waals surface area (Å²) in [6, 6.07) is 1.85. The molecule has 0 bridgehead atoms. The van der Waals surface area contributed by atoms with Crippen molar-refractivity contribution in [3.05, 3.63) is 26.6 Å². The predicted octanol–water partition coefficient (Wildman–Crippen LogP) is -1.11. The van der Waals surface area contributed by atoms with Gasteiger partial charge < -0.3 is 53.0 Å². The minimum atomic E-state index is -1.27. The Kier molecular flexibility index (Phi) is 22.6. The molecule has 10 amide bonds. The fraction of sp³-hybridized carbons (Fsp3) is 0.564. The van der Waals surface area contributed by atoms with E-state index in [9.17, 15) is 52.7 Å². The minimum Gasteiger partial charge on any atom is -0.480 e. The number of nitrogens with one attached hydrogen (secondary N) is 9. The number of halogens is 2. The zero-order valence-electron chi connectivity index (χ0n) is 35.3. The summed E-state index contributed by atoms with van der Waals surface area (Å²) in [6.45, 7) is 0.151. The second-order valence-electron chi connectivity index (χ2n) is 14.9. The van der Waals surface area contributed by atoms with E-state index in [1.54, 1.807) is 0 Å². The Morgan fingerprint density at radius 1 is 0.781 bits per heavy atom. The molecule has 10 N–H and O–H groups in total. The lowest BCUT2D eigenvalue weighted by Gasteiger charge is -2.24. The Labute approximate surface area is 390 Å². The van der Waals surface area contributed by atoms with Crippen molar-refractivity contribution in [2.75, 3.05) is 50.3 Å². The van der Waals surface area contributed by atoms with Gasteiger partial charge in [-0.2, -0.15) is 0 Å². The van der Waals surface area contributed by atoms with Crippen molar-refractivity contribution in [3.8, 4) is 0 Å². The highest BCUT2D eigenvalue weighted by molar-refractivity contribution is 9.11. The van der Waals surface area contributed by atoms with Crippen LogP contribution >= 0.6 is 43.6 Å². The van der Waals surface area contributed by atoms with Crippen LogP contribution in [-0.2, 0) is 59.3 Å². The summed E-state index contributed by atoms with van der Waals surface area (Å²) in [6.07, 6.45) is 5.94. The number of imide groups is 1. The van der Waals surface area contributed by atoms with Gasteiger partial charge in [-0.3, -0.25) is 57.6 Å². The number of nitrogens with zero attached hydrogens (tertiary/aromatic N) is 1. The third-order valence-electron chi connectivity index (χ3n) is 9.69. The average Bonchev–Trinajstić information content (AvgIpc) is 3.51. The van der Waals surface area contributed by atoms with Crippen LogP contribution in [0.25, 0.3) is 0 Å². The van der Waals surface area contributed by atoms with Crippen LogP contribution in [0.1, 0.15) is 70.8 Å². The summed E-state index contributed by atoms with van der Waals surface area (Å²) in [5, 5.41) is 30.2. The van der Waals surface area contributed by atoms with Crippen LogP contribution in [0, 0.1) is 0 Å². The molecule has 1 aliphatic heterocycles. The van der Waals surface area contributed by atoms with E-state index in [-0.39, 0.29) is 37.5 Å². The standard InChI is InChI=1S/C39H54Br2N10O12S/c1-21(39(62)63)48-34(58)19-46-32(56)17-44-30(54)15-43-31(55)16-45-33(57)18-47-37(60)27(49-22(2)52)20-64-28-13-35(59)51(38(28)61)10-6-9-29(53)50-36-23(11-24(40)12-26(36)41)14-42-25-7-4-3-5-8-25/h11-12,21,25,27-28,42H,3-10,13-20H2,1-2H3,(H,43,55)(H,44,54)(H,45,57)(H,46,56)(H,47,60)(H,48,58)(H,49,52)(H,50,53)(H,62,63). The van der Waals surface area contributed by atoms with Gasteiger partial charge >= 0.3 is 5.97 Å².